The highest BCUT2D eigenvalue weighted by Crippen LogP contribution is 2.24. The van der Waals surface area contributed by atoms with Crippen LogP contribution in [0.3, 0.4) is 0 Å². The van der Waals surface area contributed by atoms with Gasteiger partial charge in [0, 0.05) is 6.04 Å². The zero-order valence-electron chi connectivity index (χ0n) is 10.1. The van der Waals surface area contributed by atoms with Crippen molar-refractivity contribution in [2.24, 2.45) is 11.7 Å². The SMILES string of the molecule is CCCC(C)C(N)c1cc(C)nnc1C. The predicted octanol–water partition coefficient (Wildman–Crippen LogP) is 2.53. The molecule has 0 spiro atoms. The molecule has 0 saturated carbocycles. The lowest BCUT2D eigenvalue weighted by Crippen LogP contribution is -2.21. The van der Waals surface area contributed by atoms with Gasteiger partial charge in [-0.25, -0.2) is 0 Å². The second kappa shape index (κ2) is 5.21. The highest BCUT2D eigenvalue weighted by Gasteiger charge is 2.17. The quantitative estimate of drug-likeness (QED) is 0.825. The summed E-state index contributed by atoms with van der Waals surface area (Å²) in [6.45, 7) is 8.31. The molecule has 2 N–H and O–H groups in total. The van der Waals surface area contributed by atoms with Gasteiger partial charge in [-0.1, -0.05) is 20.3 Å². The molecule has 3 nitrogen and oxygen atoms in total. The molecular weight excluding hydrogens is 186 g/mol. The van der Waals surface area contributed by atoms with Gasteiger partial charge in [-0.05, 0) is 37.8 Å². The first-order chi connectivity index (χ1) is 7.06. The number of nitrogens with two attached hydrogens (primary N) is 1. The average molecular weight is 207 g/mol. The van der Waals surface area contributed by atoms with E-state index in [0.717, 1.165) is 23.4 Å². The van der Waals surface area contributed by atoms with E-state index < -0.39 is 0 Å². The molecule has 2 unspecified atom stereocenters. The third-order valence-electron chi connectivity index (χ3n) is 2.86. The third kappa shape index (κ3) is 2.99. The van der Waals surface area contributed by atoms with Crippen LogP contribution in [0.15, 0.2) is 6.07 Å². The Balaban J connectivity index is 2.89. The highest BCUT2D eigenvalue weighted by atomic mass is 15.1. The normalized spacial score (nSPS) is 15.0. The Kier molecular flexibility index (Phi) is 4.21. The summed E-state index contributed by atoms with van der Waals surface area (Å²) in [5.41, 5.74) is 9.26. The van der Waals surface area contributed by atoms with Crippen LogP contribution in [0, 0.1) is 19.8 Å². The largest absolute Gasteiger partial charge is 0.324 e. The van der Waals surface area contributed by atoms with E-state index in [-0.39, 0.29) is 6.04 Å². The van der Waals surface area contributed by atoms with Crippen molar-refractivity contribution in [3.05, 3.63) is 23.0 Å². The summed E-state index contributed by atoms with van der Waals surface area (Å²) < 4.78 is 0. The third-order valence-corrected chi connectivity index (χ3v) is 2.86. The lowest BCUT2D eigenvalue weighted by Gasteiger charge is -2.20. The van der Waals surface area contributed by atoms with Crippen LogP contribution in [0.5, 0.6) is 0 Å². The van der Waals surface area contributed by atoms with E-state index in [0.29, 0.717) is 5.92 Å². The Morgan fingerprint density at radius 3 is 2.60 bits per heavy atom. The summed E-state index contributed by atoms with van der Waals surface area (Å²) >= 11 is 0. The lowest BCUT2D eigenvalue weighted by molar-refractivity contribution is 0.430. The monoisotopic (exact) mass is 207 g/mol. The Morgan fingerprint density at radius 2 is 2.00 bits per heavy atom. The molecule has 0 aromatic carbocycles. The fourth-order valence-corrected chi connectivity index (χ4v) is 1.85. The molecule has 15 heavy (non-hydrogen) atoms. The van der Waals surface area contributed by atoms with Crippen LogP contribution in [0.2, 0.25) is 0 Å². The van der Waals surface area contributed by atoms with Gasteiger partial charge in [0.15, 0.2) is 0 Å². The molecule has 0 fully saturated rings. The van der Waals surface area contributed by atoms with Crippen molar-refractivity contribution in [1.29, 1.82) is 0 Å². The van der Waals surface area contributed by atoms with Crippen molar-refractivity contribution in [3.8, 4) is 0 Å². The molecule has 84 valence electrons. The van der Waals surface area contributed by atoms with Gasteiger partial charge in [0.25, 0.3) is 0 Å². The van der Waals surface area contributed by atoms with Gasteiger partial charge < -0.3 is 5.73 Å². The van der Waals surface area contributed by atoms with Crippen LogP contribution < -0.4 is 5.73 Å². The summed E-state index contributed by atoms with van der Waals surface area (Å²) in [6, 6.07) is 2.14. The standard InChI is InChI=1S/C12H21N3/c1-5-6-8(2)12(13)11-7-9(3)14-15-10(11)4/h7-8,12H,5-6,13H2,1-4H3. The van der Waals surface area contributed by atoms with Gasteiger partial charge in [-0.15, -0.1) is 0 Å². The van der Waals surface area contributed by atoms with Crippen molar-refractivity contribution < 1.29 is 0 Å². The van der Waals surface area contributed by atoms with E-state index in [2.05, 4.69) is 30.1 Å². The second-order valence-electron chi connectivity index (χ2n) is 4.32. The molecule has 0 aliphatic rings. The van der Waals surface area contributed by atoms with Crippen LogP contribution >= 0.6 is 0 Å². The fourth-order valence-electron chi connectivity index (χ4n) is 1.85. The molecule has 1 aromatic heterocycles. The molecule has 1 aromatic rings. The number of hydrogen-bond acceptors (Lipinski definition) is 3. The summed E-state index contributed by atoms with van der Waals surface area (Å²) in [7, 11) is 0. The Morgan fingerprint density at radius 1 is 1.33 bits per heavy atom. The van der Waals surface area contributed by atoms with E-state index in [4.69, 9.17) is 5.73 Å². The zero-order valence-corrected chi connectivity index (χ0v) is 10.1. The fraction of sp³-hybridized carbons (Fsp3) is 0.667. The topological polar surface area (TPSA) is 51.8 Å². The minimum atomic E-state index is 0.0825. The molecular formula is C12H21N3. The van der Waals surface area contributed by atoms with Gasteiger partial charge in [0.1, 0.15) is 0 Å². The Hall–Kier alpha value is -0.960. The van der Waals surface area contributed by atoms with Crippen LogP contribution in [0.1, 0.15) is 49.7 Å². The van der Waals surface area contributed by atoms with Crippen molar-refractivity contribution >= 4 is 0 Å². The maximum Gasteiger partial charge on any atom is 0.0648 e. The summed E-state index contributed by atoms with van der Waals surface area (Å²) in [4.78, 5) is 0. The van der Waals surface area contributed by atoms with E-state index in [1.807, 2.05) is 13.8 Å². The second-order valence-corrected chi connectivity index (χ2v) is 4.32. The molecule has 0 amide bonds. The number of aryl methyl sites for hydroxylation is 2. The van der Waals surface area contributed by atoms with Crippen LogP contribution in [-0.4, -0.2) is 10.2 Å². The number of hydrogen-bond donors (Lipinski definition) is 1. The predicted molar refractivity (Wildman–Crippen MR) is 62.5 cm³/mol. The zero-order chi connectivity index (χ0) is 11.4. The molecule has 1 heterocycles. The van der Waals surface area contributed by atoms with Gasteiger partial charge in [0.2, 0.25) is 0 Å². The minimum absolute atomic E-state index is 0.0825. The van der Waals surface area contributed by atoms with E-state index >= 15 is 0 Å². The maximum atomic E-state index is 6.23. The van der Waals surface area contributed by atoms with E-state index in [1.165, 1.54) is 6.42 Å². The Labute approximate surface area is 92.1 Å². The summed E-state index contributed by atoms with van der Waals surface area (Å²) in [6.07, 6.45) is 2.33. The number of aromatic nitrogens is 2. The smallest absolute Gasteiger partial charge is 0.0648 e. The van der Waals surface area contributed by atoms with Crippen molar-refractivity contribution in [2.45, 2.75) is 46.6 Å². The number of rotatable bonds is 4. The molecule has 0 bridgehead atoms. The van der Waals surface area contributed by atoms with E-state index in [9.17, 15) is 0 Å². The first-order valence-electron chi connectivity index (χ1n) is 5.62. The van der Waals surface area contributed by atoms with Crippen LogP contribution in [0.25, 0.3) is 0 Å². The Bertz CT molecular complexity index is 323. The van der Waals surface area contributed by atoms with Gasteiger partial charge >= 0.3 is 0 Å². The molecule has 2 atom stereocenters. The highest BCUT2D eigenvalue weighted by molar-refractivity contribution is 5.23. The van der Waals surface area contributed by atoms with Crippen molar-refractivity contribution in [3.63, 3.8) is 0 Å². The van der Waals surface area contributed by atoms with Gasteiger partial charge in [-0.3, -0.25) is 0 Å². The molecule has 0 aliphatic heterocycles. The first-order valence-corrected chi connectivity index (χ1v) is 5.62. The van der Waals surface area contributed by atoms with Crippen LogP contribution in [0.4, 0.5) is 0 Å². The molecule has 0 saturated heterocycles. The molecule has 0 aliphatic carbocycles. The maximum absolute atomic E-state index is 6.23. The first kappa shape index (κ1) is 12.1. The molecule has 3 heteroatoms. The number of nitrogens with zero attached hydrogens (tertiary/aromatic N) is 2. The molecule has 1 rings (SSSR count). The molecule has 0 radical (unpaired) electrons. The van der Waals surface area contributed by atoms with Crippen molar-refractivity contribution in [1.82, 2.24) is 10.2 Å². The lowest BCUT2D eigenvalue weighted by atomic mass is 9.91. The van der Waals surface area contributed by atoms with Crippen molar-refractivity contribution in [2.75, 3.05) is 0 Å². The minimum Gasteiger partial charge on any atom is -0.324 e. The average Bonchev–Trinajstić information content (AvgIpc) is 2.21. The summed E-state index contributed by atoms with van der Waals surface area (Å²) in [5, 5.41) is 8.13. The van der Waals surface area contributed by atoms with E-state index in [1.54, 1.807) is 0 Å². The van der Waals surface area contributed by atoms with Gasteiger partial charge in [-0.2, -0.15) is 10.2 Å². The summed E-state index contributed by atoms with van der Waals surface area (Å²) in [5.74, 6) is 0.497. The van der Waals surface area contributed by atoms with Gasteiger partial charge in [0.05, 0.1) is 11.4 Å². The van der Waals surface area contributed by atoms with Crippen LogP contribution in [-0.2, 0) is 0 Å².